The van der Waals surface area contributed by atoms with Crippen LogP contribution in [0, 0.1) is 0 Å². The number of nitrogens with zero attached hydrogens (tertiary/aromatic N) is 1. The van der Waals surface area contributed by atoms with Crippen LogP contribution in [0.15, 0.2) is 84.4 Å². The number of anilines is 1. The van der Waals surface area contributed by atoms with Gasteiger partial charge in [-0.2, -0.15) is 0 Å². The van der Waals surface area contributed by atoms with Crippen molar-refractivity contribution in [3.63, 3.8) is 0 Å². The number of hydrogen-bond acceptors (Lipinski definition) is 5. The summed E-state index contributed by atoms with van der Waals surface area (Å²) in [6.45, 7) is 0.389. The molecule has 1 aliphatic rings. The Kier molecular flexibility index (Phi) is 5.98. The molecule has 3 aromatic rings. The summed E-state index contributed by atoms with van der Waals surface area (Å²) in [7, 11) is 1.52. The number of methoxy groups -OCH3 is 1. The molecule has 0 unspecified atom stereocenters. The lowest BCUT2D eigenvalue weighted by Gasteiger charge is -2.26. The summed E-state index contributed by atoms with van der Waals surface area (Å²) in [5, 5.41) is 2.21. The number of amides is 4. The van der Waals surface area contributed by atoms with E-state index >= 15 is 0 Å². The maximum Gasteiger partial charge on any atom is 0.335 e. The average Bonchev–Trinajstić information content (AvgIpc) is 2.82. The van der Waals surface area contributed by atoms with Gasteiger partial charge in [0, 0.05) is 0 Å². The van der Waals surface area contributed by atoms with Gasteiger partial charge in [0.2, 0.25) is 0 Å². The maximum absolute atomic E-state index is 13.0. The monoisotopic (exact) mass is 428 g/mol. The number of carbonyl (C=O) groups is 3. The van der Waals surface area contributed by atoms with Gasteiger partial charge in [0.15, 0.2) is 0 Å². The molecule has 0 spiro atoms. The van der Waals surface area contributed by atoms with Gasteiger partial charge >= 0.3 is 6.03 Å². The van der Waals surface area contributed by atoms with E-state index < -0.39 is 17.8 Å². The number of benzene rings is 3. The number of barbiturate groups is 1. The third-order valence-electron chi connectivity index (χ3n) is 4.85. The molecule has 4 amide bonds. The van der Waals surface area contributed by atoms with Crippen molar-refractivity contribution in [3.8, 4) is 11.5 Å². The van der Waals surface area contributed by atoms with E-state index in [1.54, 1.807) is 48.5 Å². The van der Waals surface area contributed by atoms with Crippen molar-refractivity contribution in [2.45, 2.75) is 6.61 Å². The van der Waals surface area contributed by atoms with Gasteiger partial charge in [-0.1, -0.05) is 42.5 Å². The average molecular weight is 428 g/mol. The summed E-state index contributed by atoms with van der Waals surface area (Å²) in [5.74, 6) is -0.285. The van der Waals surface area contributed by atoms with Crippen LogP contribution >= 0.6 is 0 Å². The minimum absolute atomic E-state index is 0.152. The summed E-state index contributed by atoms with van der Waals surface area (Å²) in [6.07, 6.45) is 1.44. The first-order valence-electron chi connectivity index (χ1n) is 9.87. The molecule has 1 saturated heterocycles. The molecule has 0 atom stereocenters. The van der Waals surface area contributed by atoms with Crippen molar-refractivity contribution >= 4 is 29.6 Å². The standard InChI is InChI=1S/C25H20N2O5/c1-31-20-12-10-19(11-13-20)27-24(29)22(23(28)26-25(27)30)15-18-8-5-9-21(14-18)32-16-17-6-3-2-4-7-17/h2-15H,16H2,1H3,(H,26,28,30)/b22-15-. The summed E-state index contributed by atoms with van der Waals surface area (Å²) < 4.78 is 10.9. The second-order valence-corrected chi connectivity index (χ2v) is 7.00. The number of carbonyl (C=O) groups excluding carboxylic acids is 3. The fraction of sp³-hybridized carbons (Fsp3) is 0.0800. The number of rotatable bonds is 6. The Morgan fingerprint density at radius 2 is 1.62 bits per heavy atom. The van der Waals surface area contributed by atoms with Crippen LogP contribution in [0.25, 0.3) is 6.08 Å². The van der Waals surface area contributed by atoms with Gasteiger partial charge < -0.3 is 9.47 Å². The molecule has 7 nitrogen and oxygen atoms in total. The minimum atomic E-state index is -0.803. The van der Waals surface area contributed by atoms with E-state index in [-0.39, 0.29) is 5.57 Å². The fourth-order valence-corrected chi connectivity index (χ4v) is 3.22. The maximum atomic E-state index is 13.0. The first kappa shape index (κ1) is 20.9. The molecule has 160 valence electrons. The first-order valence-corrected chi connectivity index (χ1v) is 9.87. The Labute approximate surface area is 184 Å². The van der Waals surface area contributed by atoms with E-state index in [2.05, 4.69) is 5.32 Å². The highest BCUT2D eigenvalue weighted by atomic mass is 16.5. The van der Waals surface area contributed by atoms with Crippen molar-refractivity contribution in [1.29, 1.82) is 0 Å². The summed E-state index contributed by atoms with van der Waals surface area (Å²) in [6, 6.07) is 22.3. The Balaban J connectivity index is 1.57. The van der Waals surface area contributed by atoms with Crippen LogP contribution in [0.1, 0.15) is 11.1 Å². The van der Waals surface area contributed by atoms with Crippen LogP contribution in [0.5, 0.6) is 11.5 Å². The third kappa shape index (κ3) is 4.52. The molecular formula is C25H20N2O5. The summed E-state index contributed by atoms with van der Waals surface area (Å²) in [5.41, 5.74) is 1.79. The highest BCUT2D eigenvalue weighted by Crippen LogP contribution is 2.25. The fourth-order valence-electron chi connectivity index (χ4n) is 3.22. The van der Waals surface area contributed by atoms with E-state index in [1.807, 2.05) is 30.3 Å². The molecule has 1 N–H and O–H groups in total. The number of ether oxygens (including phenoxy) is 2. The molecule has 1 heterocycles. The van der Waals surface area contributed by atoms with Gasteiger partial charge in [-0.15, -0.1) is 0 Å². The molecular weight excluding hydrogens is 408 g/mol. The number of nitrogens with one attached hydrogen (secondary N) is 1. The van der Waals surface area contributed by atoms with Crippen LogP contribution < -0.4 is 19.7 Å². The molecule has 4 rings (SSSR count). The highest BCUT2D eigenvalue weighted by Gasteiger charge is 2.36. The van der Waals surface area contributed by atoms with Gasteiger partial charge in [-0.05, 0) is 53.6 Å². The molecule has 0 saturated carbocycles. The zero-order valence-electron chi connectivity index (χ0n) is 17.3. The van der Waals surface area contributed by atoms with Crippen molar-refractivity contribution < 1.29 is 23.9 Å². The molecule has 1 aliphatic heterocycles. The molecule has 32 heavy (non-hydrogen) atoms. The lowest BCUT2D eigenvalue weighted by molar-refractivity contribution is -0.122. The first-order chi connectivity index (χ1) is 15.5. The van der Waals surface area contributed by atoms with Crippen LogP contribution in [0.4, 0.5) is 10.5 Å². The van der Waals surface area contributed by atoms with Gasteiger partial charge in [0.1, 0.15) is 23.7 Å². The van der Waals surface area contributed by atoms with E-state index in [4.69, 9.17) is 9.47 Å². The lowest BCUT2D eigenvalue weighted by atomic mass is 10.1. The number of hydrogen-bond donors (Lipinski definition) is 1. The van der Waals surface area contributed by atoms with Gasteiger partial charge in [0.05, 0.1) is 12.8 Å². The molecule has 0 radical (unpaired) electrons. The number of urea groups is 1. The third-order valence-corrected chi connectivity index (χ3v) is 4.85. The Bertz CT molecular complexity index is 1190. The molecule has 1 fully saturated rings. The quantitative estimate of drug-likeness (QED) is 0.475. The summed E-state index contributed by atoms with van der Waals surface area (Å²) >= 11 is 0. The van der Waals surface area contributed by atoms with E-state index in [1.165, 1.54) is 13.2 Å². The van der Waals surface area contributed by atoms with E-state index in [0.29, 0.717) is 29.4 Å². The van der Waals surface area contributed by atoms with Crippen molar-refractivity contribution in [2.75, 3.05) is 12.0 Å². The Morgan fingerprint density at radius 1 is 0.875 bits per heavy atom. The predicted octanol–water partition coefficient (Wildman–Crippen LogP) is 3.94. The topological polar surface area (TPSA) is 84.9 Å². The molecule has 0 bridgehead atoms. The minimum Gasteiger partial charge on any atom is -0.497 e. The Morgan fingerprint density at radius 3 is 2.34 bits per heavy atom. The van der Waals surface area contributed by atoms with Gasteiger partial charge in [-0.25, -0.2) is 9.69 Å². The van der Waals surface area contributed by atoms with Gasteiger partial charge in [0.25, 0.3) is 11.8 Å². The molecule has 3 aromatic carbocycles. The highest BCUT2D eigenvalue weighted by molar-refractivity contribution is 6.39. The van der Waals surface area contributed by atoms with Crippen molar-refractivity contribution in [2.24, 2.45) is 0 Å². The number of imide groups is 2. The van der Waals surface area contributed by atoms with Crippen LogP contribution in [-0.4, -0.2) is 25.0 Å². The normalized spacial score (nSPS) is 15.0. The van der Waals surface area contributed by atoms with Crippen molar-refractivity contribution in [3.05, 3.63) is 95.6 Å². The van der Waals surface area contributed by atoms with Crippen LogP contribution in [0.3, 0.4) is 0 Å². The predicted molar refractivity (Wildman–Crippen MR) is 119 cm³/mol. The van der Waals surface area contributed by atoms with Crippen molar-refractivity contribution in [1.82, 2.24) is 5.32 Å². The zero-order chi connectivity index (χ0) is 22.5. The zero-order valence-corrected chi connectivity index (χ0v) is 17.3. The SMILES string of the molecule is COc1ccc(N2C(=O)NC(=O)/C(=C/c3cccc(OCc4ccccc4)c3)C2=O)cc1. The largest absolute Gasteiger partial charge is 0.497 e. The lowest BCUT2D eigenvalue weighted by Crippen LogP contribution is -2.54. The second kappa shape index (κ2) is 9.18. The second-order valence-electron chi connectivity index (χ2n) is 7.00. The van der Waals surface area contributed by atoms with E-state index in [9.17, 15) is 14.4 Å². The van der Waals surface area contributed by atoms with Crippen LogP contribution in [-0.2, 0) is 16.2 Å². The van der Waals surface area contributed by atoms with E-state index in [0.717, 1.165) is 10.5 Å². The molecule has 0 aromatic heterocycles. The smallest absolute Gasteiger partial charge is 0.335 e. The molecule has 0 aliphatic carbocycles. The van der Waals surface area contributed by atoms with Gasteiger partial charge in [-0.3, -0.25) is 14.9 Å². The van der Waals surface area contributed by atoms with Crippen LogP contribution in [0.2, 0.25) is 0 Å². The summed E-state index contributed by atoms with van der Waals surface area (Å²) in [4.78, 5) is 38.7. The molecule has 7 heteroatoms. The Hall–Kier alpha value is -4.39.